The predicted molar refractivity (Wildman–Crippen MR) is 231 cm³/mol. The highest BCUT2D eigenvalue weighted by Gasteiger charge is 2.42. The molecule has 0 radical (unpaired) electrons. The number of aliphatic hydroxyl groups is 1. The lowest BCUT2D eigenvalue weighted by atomic mass is 9.77. The van der Waals surface area contributed by atoms with Crippen molar-refractivity contribution in [3.63, 3.8) is 0 Å². The Kier molecular flexibility index (Phi) is 13.6. The molecule has 5 N–H and O–H groups in total. The van der Waals surface area contributed by atoms with E-state index in [-0.39, 0.29) is 53.3 Å². The monoisotopic (exact) mass is 844 g/mol. The van der Waals surface area contributed by atoms with Gasteiger partial charge in [-0.25, -0.2) is 14.4 Å². The fraction of sp³-hybridized carbons (Fsp3) is 0.477. The number of aromatic amines is 1. The number of piperidine rings is 2. The molecule has 2 aliphatic heterocycles. The van der Waals surface area contributed by atoms with Crippen LogP contribution in [-0.4, -0.2) is 107 Å². The maximum Gasteiger partial charge on any atom is 0.301 e. The Bertz CT molecular complexity index is 2320. The SMILES string of the molecule is C=C[C@H](C(C(N)=O)N1CCC(O)(CC(=O)C2CCN(c3ncc(-c4ccc5[nH]cc(C(=O)c6cccc(NS(=O)(=O)N(C)CC)c6F)c5c4)cn3)CC2)CC1)[C@H](C)C(C)C. The van der Waals surface area contributed by atoms with Crippen molar-refractivity contribution in [2.75, 3.05) is 49.4 Å². The normalized spacial score (nSPS) is 18.1. The van der Waals surface area contributed by atoms with Crippen LogP contribution in [0.4, 0.5) is 16.0 Å². The van der Waals surface area contributed by atoms with E-state index in [1.165, 1.54) is 31.4 Å². The van der Waals surface area contributed by atoms with Gasteiger partial charge in [0.1, 0.15) is 5.78 Å². The van der Waals surface area contributed by atoms with Crippen molar-refractivity contribution in [2.24, 2.45) is 29.4 Å². The molecule has 3 atom stereocenters. The first-order chi connectivity index (χ1) is 28.5. The van der Waals surface area contributed by atoms with Crippen LogP contribution in [0.15, 0.2) is 67.6 Å². The maximum absolute atomic E-state index is 15.6. The lowest BCUT2D eigenvalue weighted by Gasteiger charge is -2.44. The molecule has 1 unspecified atom stereocenters. The maximum atomic E-state index is 15.6. The van der Waals surface area contributed by atoms with E-state index in [1.807, 2.05) is 28.0 Å². The van der Waals surface area contributed by atoms with Gasteiger partial charge in [0, 0.05) is 98.6 Å². The molecule has 2 saturated heterocycles. The Morgan fingerprint density at radius 2 is 1.73 bits per heavy atom. The third kappa shape index (κ3) is 9.46. The van der Waals surface area contributed by atoms with Crippen molar-refractivity contribution in [3.05, 3.63) is 84.6 Å². The summed E-state index contributed by atoms with van der Waals surface area (Å²) in [5.41, 5.74) is 6.46. The minimum Gasteiger partial charge on any atom is -0.389 e. The van der Waals surface area contributed by atoms with Crippen LogP contribution in [0.1, 0.15) is 75.7 Å². The van der Waals surface area contributed by atoms with Gasteiger partial charge in [0.15, 0.2) is 11.6 Å². The number of nitrogens with zero attached hydrogens (tertiary/aromatic N) is 5. The van der Waals surface area contributed by atoms with Crippen LogP contribution < -0.4 is 15.4 Å². The van der Waals surface area contributed by atoms with Gasteiger partial charge in [0.05, 0.1) is 22.9 Å². The molecule has 1 amide bonds. The van der Waals surface area contributed by atoms with Gasteiger partial charge in [-0.1, -0.05) is 45.9 Å². The Morgan fingerprint density at radius 1 is 1.07 bits per heavy atom. The molecule has 322 valence electrons. The predicted octanol–water partition coefficient (Wildman–Crippen LogP) is 5.55. The number of likely N-dealkylation sites (tertiary alicyclic amines) is 1. The number of fused-ring (bicyclic) bond motifs is 1. The summed E-state index contributed by atoms with van der Waals surface area (Å²) in [7, 11) is -2.65. The van der Waals surface area contributed by atoms with Crippen molar-refractivity contribution in [1.82, 2.24) is 24.2 Å². The number of aromatic nitrogens is 3. The molecule has 2 aromatic heterocycles. The van der Waals surface area contributed by atoms with Crippen LogP contribution in [0, 0.1) is 29.5 Å². The Labute approximate surface area is 351 Å². The second kappa shape index (κ2) is 18.3. The first kappa shape index (κ1) is 44.5. The summed E-state index contributed by atoms with van der Waals surface area (Å²) in [6.45, 7) is 14.2. The molecule has 0 saturated carbocycles. The van der Waals surface area contributed by atoms with Gasteiger partial charge in [0.2, 0.25) is 11.9 Å². The standard InChI is InChI=1S/C44H57FN8O6S/c1-7-32(28(5)27(3)4)40(42(46)56)52-20-16-44(57,17-21-52)23-38(54)29-14-18-53(19-15-29)43-48-24-31(25-49-43)30-12-13-36-34(22-30)35(26-47-36)41(55)33-10-9-11-37(39(33)45)50-60(58,59)51(6)8-2/h7,9-13,22,24-29,32,40,47,50,57H,1,8,14-21,23H2,2-6H3,(H2,46,56)/t28-,32+,40?/m1/s1. The first-order valence-electron chi connectivity index (χ1n) is 20.6. The van der Waals surface area contributed by atoms with E-state index in [1.54, 1.807) is 25.4 Å². The van der Waals surface area contributed by atoms with E-state index in [9.17, 15) is 27.9 Å². The third-order valence-electron chi connectivity index (χ3n) is 12.7. The molecule has 4 aromatic rings. The van der Waals surface area contributed by atoms with Crippen LogP contribution in [0.25, 0.3) is 22.0 Å². The number of H-pyrrole nitrogens is 1. The smallest absolute Gasteiger partial charge is 0.301 e. The number of primary amides is 1. The third-order valence-corrected chi connectivity index (χ3v) is 14.2. The van der Waals surface area contributed by atoms with Crippen LogP contribution in [0.2, 0.25) is 0 Å². The number of halogens is 1. The minimum absolute atomic E-state index is 0.0450. The van der Waals surface area contributed by atoms with E-state index < -0.39 is 39.4 Å². The van der Waals surface area contributed by atoms with E-state index >= 15 is 4.39 Å². The molecule has 2 fully saturated rings. The second-order valence-corrected chi connectivity index (χ2v) is 18.5. The van der Waals surface area contributed by atoms with Crippen LogP contribution >= 0.6 is 0 Å². The highest BCUT2D eigenvalue weighted by Crippen LogP contribution is 2.35. The fourth-order valence-corrected chi connectivity index (χ4v) is 9.32. The van der Waals surface area contributed by atoms with Gasteiger partial charge in [-0.2, -0.15) is 12.7 Å². The van der Waals surface area contributed by atoms with Crippen LogP contribution in [0.3, 0.4) is 0 Å². The zero-order valence-electron chi connectivity index (χ0n) is 35.0. The molecular formula is C44H57FN8O6S. The van der Waals surface area contributed by atoms with E-state index in [4.69, 9.17) is 5.73 Å². The number of hydrogen-bond donors (Lipinski definition) is 4. The van der Waals surface area contributed by atoms with Gasteiger partial charge in [-0.05, 0) is 67.3 Å². The summed E-state index contributed by atoms with van der Waals surface area (Å²) in [5, 5.41) is 12.0. The Morgan fingerprint density at radius 3 is 2.33 bits per heavy atom. The van der Waals surface area contributed by atoms with Crippen molar-refractivity contribution in [3.8, 4) is 11.1 Å². The Hall–Kier alpha value is -5.03. The van der Waals surface area contributed by atoms with E-state index in [0.717, 1.165) is 9.87 Å². The summed E-state index contributed by atoms with van der Waals surface area (Å²) < 4.78 is 44.0. The number of nitrogens with one attached hydrogen (secondary N) is 2. The number of hydrogen-bond acceptors (Lipinski definition) is 10. The first-order valence-corrected chi connectivity index (χ1v) is 22.1. The van der Waals surface area contributed by atoms with Gasteiger partial charge >= 0.3 is 10.2 Å². The summed E-state index contributed by atoms with van der Waals surface area (Å²) in [4.78, 5) is 56.2. The molecule has 16 heteroatoms. The topological polar surface area (TPSA) is 195 Å². The fourth-order valence-electron chi connectivity index (χ4n) is 8.39. The largest absolute Gasteiger partial charge is 0.389 e. The lowest BCUT2D eigenvalue weighted by Crippen LogP contribution is -2.56. The molecular weight excluding hydrogens is 788 g/mol. The number of ketones is 2. The molecule has 6 rings (SSSR count). The number of carbonyl (C=O) groups excluding carboxylic acids is 3. The van der Waals surface area contributed by atoms with E-state index in [2.05, 4.69) is 47.0 Å². The number of anilines is 2. The number of Topliss-reactive ketones (excluding diaryl/α,β-unsaturated/α-hetero) is 1. The quantitative estimate of drug-likeness (QED) is 0.0773. The molecule has 2 aromatic carbocycles. The van der Waals surface area contributed by atoms with E-state index in [0.29, 0.717) is 80.2 Å². The van der Waals surface area contributed by atoms with Gasteiger partial charge in [0.25, 0.3) is 0 Å². The summed E-state index contributed by atoms with van der Waals surface area (Å²) >= 11 is 0. The minimum atomic E-state index is -4.01. The summed E-state index contributed by atoms with van der Waals surface area (Å²) in [6.07, 6.45) is 8.77. The average molecular weight is 845 g/mol. The van der Waals surface area contributed by atoms with Crippen LogP contribution in [-0.2, 0) is 19.8 Å². The molecule has 4 heterocycles. The van der Waals surface area contributed by atoms with Crippen LogP contribution in [0.5, 0.6) is 0 Å². The van der Waals surface area contributed by atoms with Crippen molar-refractivity contribution in [1.29, 1.82) is 0 Å². The zero-order valence-corrected chi connectivity index (χ0v) is 35.8. The summed E-state index contributed by atoms with van der Waals surface area (Å²) in [5.74, 6) is -1.18. The van der Waals surface area contributed by atoms with Gasteiger partial charge in [-0.3, -0.25) is 24.0 Å². The lowest BCUT2D eigenvalue weighted by molar-refractivity contribution is -0.135. The average Bonchev–Trinajstić information content (AvgIpc) is 3.66. The van der Waals surface area contributed by atoms with Gasteiger partial charge in [-0.15, -0.1) is 6.58 Å². The second-order valence-electron chi connectivity index (χ2n) is 16.7. The number of carbonyl (C=O) groups is 3. The van der Waals surface area contributed by atoms with Crippen molar-refractivity contribution >= 4 is 50.2 Å². The number of rotatable bonds is 17. The Balaban J connectivity index is 1.06. The zero-order chi connectivity index (χ0) is 43.5. The molecule has 60 heavy (non-hydrogen) atoms. The summed E-state index contributed by atoms with van der Waals surface area (Å²) in [6, 6.07) is 8.96. The van der Waals surface area contributed by atoms with Crippen molar-refractivity contribution < 1.29 is 32.3 Å². The molecule has 0 bridgehead atoms. The number of benzene rings is 2. The molecule has 2 aliphatic rings. The highest BCUT2D eigenvalue weighted by molar-refractivity contribution is 7.90. The van der Waals surface area contributed by atoms with Crippen molar-refractivity contribution in [2.45, 2.75) is 71.4 Å². The number of nitrogens with two attached hydrogens (primary N) is 1. The molecule has 14 nitrogen and oxygen atoms in total. The molecule has 0 spiro atoms. The number of amides is 1. The van der Waals surface area contributed by atoms with Gasteiger partial charge < -0.3 is 20.7 Å². The molecule has 0 aliphatic carbocycles. The highest BCUT2D eigenvalue weighted by atomic mass is 32.2.